The normalized spacial score (nSPS) is 12.5. The maximum atomic E-state index is 13.5. The predicted molar refractivity (Wildman–Crippen MR) is 97.2 cm³/mol. The molecule has 0 amide bonds. The first kappa shape index (κ1) is 21.9. The molecule has 0 radical (unpaired) electrons. The maximum Gasteiger partial charge on any atom is 0.399 e. The molecule has 0 bridgehead atoms. The number of carbonyl (C=O) groups excluding carboxylic acids is 1. The lowest BCUT2D eigenvalue weighted by molar-refractivity contribution is -0.139. The summed E-state index contributed by atoms with van der Waals surface area (Å²) in [7, 11) is 0. The zero-order valence-corrected chi connectivity index (χ0v) is 15.3. The highest BCUT2D eigenvalue weighted by Crippen LogP contribution is 2.37. The molecular weight excluding hydrogens is 368 g/mol. The van der Waals surface area contributed by atoms with Gasteiger partial charge in [-0.15, -0.1) is 0 Å². The SMILES string of the molecule is CC.Cc1cc(Cl)cc(C(/C=C/c2ccc(C=O)c(F)c2)C(F)(F)F)c1. The molecule has 2 aromatic carbocycles. The van der Waals surface area contributed by atoms with Gasteiger partial charge in [-0.3, -0.25) is 4.79 Å². The van der Waals surface area contributed by atoms with Gasteiger partial charge in [-0.1, -0.05) is 49.7 Å². The molecule has 1 nitrogen and oxygen atoms in total. The summed E-state index contributed by atoms with van der Waals surface area (Å²) in [6.07, 6.45) is -2.06. The third kappa shape index (κ3) is 5.99. The van der Waals surface area contributed by atoms with Crippen LogP contribution in [-0.2, 0) is 0 Å². The number of hydrogen-bond donors (Lipinski definition) is 0. The van der Waals surface area contributed by atoms with Gasteiger partial charge < -0.3 is 0 Å². The third-order valence-corrected chi connectivity index (χ3v) is 3.63. The van der Waals surface area contributed by atoms with E-state index in [1.807, 2.05) is 13.8 Å². The summed E-state index contributed by atoms with van der Waals surface area (Å²) in [4.78, 5) is 10.6. The second kappa shape index (κ2) is 9.53. The van der Waals surface area contributed by atoms with Crippen molar-refractivity contribution in [1.82, 2.24) is 0 Å². The van der Waals surface area contributed by atoms with Crippen LogP contribution < -0.4 is 0 Å². The topological polar surface area (TPSA) is 17.1 Å². The van der Waals surface area contributed by atoms with Gasteiger partial charge in [-0.25, -0.2) is 4.39 Å². The van der Waals surface area contributed by atoms with Crippen molar-refractivity contribution < 1.29 is 22.4 Å². The van der Waals surface area contributed by atoms with Crippen molar-refractivity contribution in [3.05, 3.63) is 75.6 Å². The number of carbonyl (C=O) groups is 1. The average molecular weight is 387 g/mol. The van der Waals surface area contributed by atoms with E-state index in [1.165, 1.54) is 30.3 Å². The fraction of sp³-hybridized carbons (Fsp3) is 0.250. The number of alkyl halides is 3. The molecular formula is C20H19ClF4O. The first-order chi connectivity index (χ1) is 12.2. The Morgan fingerprint density at radius 3 is 2.23 bits per heavy atom. The van der Waals surface area contributed by atoms with Crippen molar-refractivity contribution in [2.75, 3.05) is 0 Å². The number of allylic oxidation sites excluding steroid dienone is 1. The van der Waals surface area contributed by atoms with E-state index in [-0.39, 0.29) is 21.7 Å². The molecule has 0 saturated heterocycles. The lowest BCUT2D eigenvalue weighted by atomic mass is 9.95. The number of halogens is 5. The Morgan fingerprint density at radius 2 is 1.73 bits per heavy atom. The zero-order chi connectivity index (χ0) is 19.9. The van der Waals surface area contributed by atoms with Gasteiger partial charge in [-0.2, -0.15) is 13.2 Å². The Hall–Kier alpha value is -2.14. The molecule has 0 saturated carbocycles. The summed E-state index contributed by atoms with van der Waals surface area (Å²) in [5, 5.41) is 0.217. The monoisotopic (exact) mass is 386 g/mol. The molecule has 0 aliphatic rings. The molecule has 140 valence electrons. The summed E-state index contributed by atoms with van der Waals surface area (Å²) in [6.45, 7) is 5.65. The number of rotatable bonds is 4. The van der Waals surface area contributed by atoms with E-state index >= 15 is 0 Å². The molecule has 2 rings (SSSR count). The van der Waals surface area contributed by atoms with Gasteiger partial charge in [0.05, 0.1) is 11.5 Å². The highest BCUT2D eigenvalue weighted by molar-refractivity contribution is 6.30. The minimum Gasteiger partial charge on any atom is -0.298 e. The van der Waals surface area contributed by atoms with E-state index in [0.717, 1.165) is 12.1 Å². The van der Waals surface area contributed by atoms with Gasteiger partial charge >= 0.3 is 6.18 Å². The summed E-state index contributed by atoms with van der Waals surface area (Å²) in [6, 6.07) is 7.83. The zero-order valence-electron chi connectivity index (χ0n) is 14.6. The Labute approximate surface area is 155 Å². The summed E-state index contributed by atoms with van der Waals surface area (Å²) in [5.74, 6) is -2.65. The molecule has 0 aromatic heterocycles. The van der Waals surface area contributed by atoms with Crippen LogP contribution in [0.25, 0.3) is 6.08 Å². The molecule has 0 N–H and O–H groups in total. The van der Waals surface area contributed by atoms with Crippen LogP contribution in [0, 0.1) is 12.7 Å². The van der Waals surface area contributed by atoms with E-state index in [4.69, 9.17) is 11.6 Å². The van der Waals surface area contributed by atoms with Crippen LogP contribution in [0.1, 0.15) is 46.8 Å². The Kier molecular flexibility index (Phi) is 8.03. The molecule has 0 heterocycles. The van der Waals surface area contributed by atoms with Gasteiger partial charge in [0.2, 0.25) is 0 Å². The molecule has 2 aromatic rings. The van der Waals surface area contributed by atoms with Gasteiger partial charge in [0, 0.05) is 5.02 Å². The molecule has 0 fully saturated rings. The number of benzene rings is 2. The highest BCUT2D eigenvalue weighted by Gasteiger charge is 2.39. The lowest BCUT2D eigenvalue weighted by Crippen LogP contribution is -2.19. The van der Waals surface area contributed by atoms with Crippen molar-refractivity contribution in [2.24, 2.45) is 0 Å². The van der Waals surface area contributed by atoms with Crippen molar-refractivity contribution >= 4 is 24.0 Å². The average Bonchev–Trinajstić information content (AvgIpc) is 2.55. The first-order valence-electron chi connectivity index (χ1n) is 7.97. The highest BCUT2D eigenvalue weighted by atomic mass is 35.5. The van der Waals surface area contributed by atoms with E-state index in [1.54, 1.807) is 13.0 Å². The molecule has 0 aliphatic heterocycles. The fourth-order valence-electron chi connectivity index (χ4n) is 2.30. The van der Waals surface area contributed by atoms with E-state index < -0.39 is 17.9 Å². The van der Waals surface area contributed by atoms with Gasteiger partial charge in [0.25, 0.3) is 0 Å². The number of aryl methyl sites for hydroxylation is 1. The summed E-state index contributed by atoms with van der Waals surface area (Å²) in [5.41, 5.74) is 0.700. The second-order valence-electron chi connectivity index (χ2n) is 5.34. The summed E-state index contributed by atoms with van der Waals surface area (Å²) < 4.78 is 53.6. The quantitative estimate of drug-likeness (QED) is 0.409. The minimum atomic E-state index is -4.52. The van der Waals surface area contributed by atoms with Crippen LogP contribution in [0.4, 0.5) is 17.6 Å². The van der Waals surface area contributed by atoms with E-state index in [0.29, 0.717) is 11.8 Å². The van der Waals surface area contributed by atoms with Crippen LogP contribution in [-0.4, -0.2) is 12.5 Å². The molecule has 6 heteroatoms. The van der Waals surface area contributed by atoms with Gasteiger partial charge in [0.15, 0.2) is 6.29 Å². The maximum absolute atomic E-state index is 13.5. The first-order valence-corrected chi connectivity index (χ1v) is 8.35. The Bertz CT molecular complexity index is 762. The number of hydrogen-bond acceptors (Lipinski definition) is 1. The van der Waals surface area contributed by atoms with E-state index in [9.17, 15) is 22.4 Å². The largest absolute Gasteiger partial charge is 0.399 e. The third-order valence-electron chi connectivity index (χ3n) is 3.41. The molecule has 1 unspecified atom stereocenters. The van der Waals surface area contributed by atoms with Crippen molar-refractivity contribution in [3.8, 4) is 0 Å². The second-order valence-corrected chi connectivity index (χ2v) is 5.78. The molecule has 0 aliphatic carbocycles. The van der Waals surface area contributed by atoms with Crippen LogP contribution >= 0.6 is 11.6 Å². The Morgan fingerprint density at radius 1 is 1.08 bits per heavy atom. The molecule has 0 spiro atoms. The lowest BCUT2D eigenvalue weighted by Gasteiger charge is -2.18. The Balaban J connectivity index is 0.00000163. The number of aldehydes is 1. The van der Waals surface area contributed by atoms with Crippen LogP contribution in [0.15, 0.2) is 42.5 Å². The van der Waals surface area contributed by atoms with Crippen LogP contribution in [0.2, 0.25) is 5.02 Å². The molecule has 1 atom stereocenters. The minimum absolute atomic E-state index is 0.00809. The van der Waals surface area contributed by atoms with Crippen LogP contribution in [0.3, 0.4) is 0 Å². The fourth-order valence-corrected chi connectivity index (χ4v) is 2.60. The standard InChI is InChI=1S/C18H13ClF4O.C2H6/c1-11-6-14(9-15(19)7-11)16(18(21,22)23)5-3-12-2-4-13(10-24)17(20)8-12;1-2/h2-10,16H,1H3;1-2H3/b5-3+;. The summed E-state index contributed by atoms with van der Waals surface area (Å²) >= 11 is 5.84. The molecule has 26 heavy (non-hydrogen) atoms. The predicted octanol–water partition coefficient (Wildman–Crippen LogP) is 6.99. The van der Waals surface area contributed by atoms with Crippen molar-refractivity contribution in [3.63, 3.8) is 0 Å². The van der Waals surface area contributed by atoms with Crippen LogP contribution in [0.5, 0.6) is 0 Å². The van der Waals surface area contributed by atoms with Crippen molar-refractivity contribution in [1.29, 1.82) is 0 Å². The van der Waals surface area contributed by atoms with Gasteiger partial charge in [-0.05, 0) is 47.9 Å². The van der Waals surface area contributed by atoms with E-state index in [2.05, 4.69) is 0 Å². The van der Waals surface area contributed by atoms with Crippen molar-refractivity contribution in [2.45, 2.75) is 32.9 Å². The van der Waals surface area contributed by atoms with Gasteiger partial charge in [0.1, 0.15) is 5.82 Å². The smallest absolute Gasteiger partial charge is 0.298 e.